The monoisotopic (exact) mass is 417 g/mol. The Bertz CT molecular complexity index is 836. The molecule has 0 unspecified atom stereocenters. The van der Waals surface area contributed by atoms with Crippen LogP contribution in [0.25, 0.3) is 0 Å². The van der Waals surface area contributed by atoms with Gasteiger partial charge in [0.15, 0.2) is 0 Å². The molecule has 0 aliphatic heterocycles. The average molecular weight is 418 g/mol. The quantitative estimate of drug-likeness (QED) is 0.589. The summed E-state index contributed by atoms with van der Waals surface area (Å²) in [6.45, 7) is 5.65. The van der Waals surface area contributed by atoms with Gasteiger partial charge in [0.1, 0.15) is 5.75 Å². The lowest BCUT2D eigenvalue weighted by molar-refractivity contribution is -0.114. The Balaban J connectivity index is 1.96. The van der Waals surface area contributed by atoms with Crippen LogP contribution in [0.5, 0.6) is 5.75 Å². The maximum Gasteiger partial charge on any atom is 0.253 e. The van der Waals surface area contributed by atoms with Gasteiger partial charge in [-0.1, -0.05) is 31.5 Å². The van der Waals surface area contributed by atoms with Crippen molar-refractivity contribution in [3.63, 3.8) is 0 Å². The number of ether oxygens (including phenoxy) is 1. The fraction of sp³-hybridized carbons (Fsp3) is 0.364. The van der Waals surface area contributed by atoms with Crippen LogP contribution in [-0.4, -0.2) is 43.5 Å². The van der Waals surface area contributed by atoms with Crippen molar-refractivity contribution < 1.29 is 14.3 Å². The molecule has 2 amide bonds. The Morgan fingerprint density at radius 2 is 1.76 bits per heavy atom. The van der Waals surface area contributed by atoms with Gasteiger partial charge in [0.2, 0.25) is 5.91 Å². The van der Waals surface area contributed by atoms with Crippen molar-refractivity contribution in [3.8, 4) is 5.75 Å². The van der Waals surface area contributed by atoms with E-state index in [0.29, 0.717) is 27.7 Å². The highest BCUT2D eigenvalue weighted by Crippen LogP contribution is 2.27. The van der Waals surface area contributed by atoms with Gasteiger partial charge < -0.3 is 20.3 Å². The van der Waals surface area contributed by atoms with Crippen LogP contribution >= 0.6 is 11.6 Å². The van der Waals surface area contributed by atoms with Crippen LogP contribution in [0.15, 0.2) is 42.5 Å². The van der Waals surface area contributed by atoms with E-state index in [1.807, 2.05) is 17.0 Å². The summed E-state index contributed by atoms with van der Waals surface area (Å²) in [4.78, 5) is 26.8. The zero-order chi connectivity index (χ0) is 21.2. The summed E-state index contributed by atoms with van der Waals surface area (Å²) >= 11 is 6.08. The maximum atomic E-state index is 12.7. The van der Waals surface area contributed by atoms with E-state index in [1.54, 1.807) is 30.3 Å². The van der Waals surface area contributed by atoms with Crippen LogP contribution in [0.4, 0.5) is 11.4 Å². The Hall–Kier alpha value is -2.73. The summed E-state index contributed by atoms with van der Waals surface area (Å²) < 4.78 is 5.10. The summed E-state index contributed by atoms with van der Waals surface area (Å²) in [6, 6.07) is 12.3. The molecule has 0 saturated heterocycles. The molecule has 156 valence electrons. The molecule has 0 spiro atoms. The average Bonchev–Trinajstić information content (AvgIpc) is 2.72. The van der Waals surface area contributed by atoms with Gasteiger partial charge in [-0.05, 0) is 49.2 Å². The first-order valence-electron chi connectivity index (χ1n) is 9.75. The fourth-order valence-electron chi connectivity index (χ4n) is 2.93. The predicted octanol–water partition coefficient (Wildman–Crippen LogP) is 4.66. The van der Waals surface area contributed by atoms with Gasteiger partial charge in [0, 0.05) is 30.0 Å². The van der Waals surface area contributed by atoms with Gasteiger partial charge in [-0.3, -0.25) is 9.59 Å². The highest BCUT2D eigenvalue weighted by molar-refractivity contribution is 6.32. The Labute approximate surface area is 177 Å². The second kappa shape index (κ2) is 11.3. The molecular weight excluding hydrogens is 390 g/mol. The number of halogens is 1. The first-order chi connectivity index (χ1) is 14.0. The van der Waals surface area contributed by atoms with E-state index in [4.69, 9.17) is 16.3 Å². The summed E-state index contributed by atoms with van der Waals surface area (Å²) in [5, 5.41) is 6.26. The molecule has 2 N–H and O–H groups in total. The van der Waals surface area contributed by atoms with Crippen LogP contribution in [0.2, 0.25) is 5.02 Å². The Kier molecular flexibility index (Phi) is 8.80. The van der Waals surface area contributed by atoms with Gasteiger partial charge in [-0.2, -0.15) is 0 Å². The second-order valence-corrected chi connectivity index (χ2v) is 7.03. The number of nitrogens with zero attached hydrogens (tertiary/aromatic N) is 1. The highest BCUT2D eigenvalue weighted by Gasteiger charge is 2.14. The first-order valence-corrected chi connectivity index (χ1v) is 10.1. The smallest absolute Gasteiger partial charge is 0.253 e. The van der Waals surface area contributed by atoms with E-state index in [0.717, 1.165) is 25.9 Å². The standard InChI is InChI=1S/C22H28ClN3O3/c1-4-11-26(12-5-2)22(28)16-7-6-8-17(13-16)24-15-21(27)25-18-9-10-20(29-3)19(23)14-18/h6-10,13-14,24H,4-5,11-12,15H2,1-3H3,(H,25,27). The second-order valence-electron chi connectivity index (χ2n) is 6.62. The van der Waals surface area contributed by atoms with E-state index in [9.17, 15) is 9.59 Å². The Morgan fingerprint density at radius 3 is 2.38 bits per heavy atom. The molecule has 6 nitrogen and oxygen atoms in total. The molecule has 2 aromatic carbocycles. The minimum Gasteiger partial charge on any atom is -0.495 e. The van der Waals surface area contributed by atoms with Crippen molar-refractivity contribution >= 4 is 34.8 Å². The van der Waals surface area contributed by atoms with Crippen LogP contribution in [-0.2, 0) is 4.79 Å². The number of nitrogens with one attached hydrogen (secondary N) is 2. The topological polar surface area (TPSA) is 70.7 Å². The minimum atomic E-state index is -0.221. The SMILES string of the molecule is CCCN(CCC)C(=O)c1cccc(NCC(=O)Nc2ccc(OC)c(Cl)c2)c1. The lowest BCUT2D eigenvalue weighted by Gasteiger charge is -2.21. The minimum absolute atomic E-state index is 0.00896. The molecule has 0 saturated carbocycles. The molecule has 0 radical (unpaired) electrons. The molecule has 29 heavy (non-hydrogen) atoms. The number of anilines is 2. The van der Waals surface area contributed by atoms with E-state index in [2.05, 4.69) is 24.5 Å². The van der Waals surface area contributed by atoms with Crippen molar-refractivity contribution in [1.29, 1.82) is 0 Å². The van der Waals surface area contributed by atoms with Crippen LogP contribution in [0, 0.1) is 0 Å². The largest absolute Gasteiger partial charge is 0.495 e. The number of hydrogen-bond acceptors (Lipinski definition) is 4. The number of benzene rings is 2. The van der Waals surface area contributed by atoms with Crippen molar-refractivity contribution in [2.45, 2.75) is 26.7 Å². The van der Waals surface area contributed by atoms with Crippen LogP contribution in [0.1, 0.15) is 37.0 Å². The zero-order valence-corrected chi connectivity index (χ0v) is 17.9. The lowest BCUT2D eigenvalue weighted by Crippen LogP contribution is -2.32. The van der Waals surface area contributed by atoms with Gasteiger partial charge in [-0.25, -0.2) is 0 Å². The van der Waals surface area contributed by atoms with E-state index in [1.165, 1.54) is 7.11 Å². The molecule has 0 aromatic heterocycles. The zero-order valence-electron chi connectivity index (χ0n) is 17.1. The predicted molar refractivity (Wildman–Crippen MR) is 118 cm³/mol. The van der Waals surface area contributed by atoms with E-state index in [-0.39, 0.29) is 18.4 Å². The number of rotatable bonds is 10. The molecule has 0 atom stereocenters. The number of carbonyl (C=O) groups is 2. The molecule has 0 aliphatic carbocycles. The molecule has 0 bridgehead atoms. The summed E-state index contributed by atoms with van der Waals surface area (Å²) in [5.41, 5.74) is 1.91. The molecule has 2 aromatic rings. The van der Waals surface area contributed by atoms with E-state index < -0.39 is 0 Å². The summed E-state index contributed by atoms with van der Waals surface area (Å²) in [6.07, 6.45) is 1.83. The molecule has 2 rings (SSSR count). The van der Waals surface area contributed by atoms with Crippen molar-refractivity contribution in [1.82, 2.24) is 4.90 Å². The summed E-state index contributed by atoms with van der Waals surface area (Å²) in [5.74, 6) is 0.334. The highest BCUT2D eigenvalue weighted by atomic mass is 35.5. The van der Waals surface area contributed by atoms with Gasteiger partial charge in [0.05, 0.1) is 18.7 Å². The number of methoxy groups -OCH3 is 1. The lowest BCUT2D eigenvalue weighted by atomic mass is 10.1. The maximum absolute atomic E-state index is 12.7. The van der Waals surface area contributed by atoms with Crippen molar-refractivity contribution in [3.05, 3.63) is 53.1 Å². The van der Waals surface area contributed by atoms with Crippen molar-refractivity contribution in [2.24, 2.45) is 0 Å². The third-order valence-electron chi connectivity index (χ3n) is 4.27. The van der Waals surface area contributed by atoms with Crippen molar-refractivity contribution in [2.75, 3.05) is 37.4 Å². The Morgan fingerprint density at radius 1 is 1.03 bits per heavy atom. The normalized spacial score (nSPS) is 10.3. The summed E-state index contributed by atoms with van der Waals surface area (Å²) in [7, 11) is 1.53. The van der Waals surface area contributed by atoms with Crippen LogP contribution < -0.4 is 15.4 Å². The molecule has 0 aliphatic rings. The number of amides is 2. The fourth-order valence-corrected chi connectivity index (χ4v) is 3.19. The first kappa shape index (κ1) is 22.6. The number of carbonyl (C=O) groups excluding carboxylic acids is 2. The van der Waals surface area contributed by atoms with Gasteiger partial charge in [-0.15, -0.1) is 0 Å². The van der Waals surface area contributed by atoms with Gasteiger partial charge >= 0.3 is 0 Å². The van der Waals surface area contributed by atoms with E-state index >= 15 is 0 Å². The van der Waals surface area contributed by atoms with Gasteiger partial charge in [0.25, 0.3) is 5.91 Å². The number of hydrogen-bond donors (Lipinski definition) is 2. The molecule has 0 heterocycles. The molecular formula is C22H28ClN3O3. The molecule has 0 fully saturated rings. The third kappa shape index (κ3) is 6.68. The third-order valence-corrected chi connectivity index (χ3v) is 4.57. The van der Waals surface area contributed by atoms with Crippen LogP contribution in [0.3, 0.4) is 0 Å². The molecule has 7 heteroatoms.